The summed E-state index contributed by atoms with van der Waals surface area (Å²) in [6, 6.07) is 14.6. The van der Waals surface area contributed by atoms with Gasteiger partial charge in [0.05, 0.1) is 5.56 Å². The molecule has 2 aromatic heterocycles. The zero-order chi connectivity index (χ0) is 18.6. The smallest absolute Gasteiger partial charge is 0.252 e. The van der Waals surface area contributed by atoms with Gasteiger partial charge in [0.25, 0.3) is 5.91 Å². The number of carbonyl (C=O) groups is 1. The van der Waals surface area contributed by atoms with Gasteiger partial charge in [0.1, 0.15) is 9.46 Å². The van der Waals surface area contributed by atoms with Crippen LogP contribution in [-0.2, 0) is 9.84 Å². The number of hydrogen-bond donors (Lipinski definition) is 2. The number of H-pyrrole nitrogens is 1. The number of thiophene rings is 1. The highest BCUT2D eigenvalue weighted by Crippen LogP contribution is 2.31. The van der Waals surface area contributed by atoms with Crippen LogP contribution in [0.5, 0.6) is 0 Å². The molecule has 2 N–H and O–H groups in total. The summed E-state index contributed by atoms with van der Waals surface area (Å²) in [5.41, 5.74) is 0.539. The standard InChI is InChI=1S/C18H16N2O4S2/c21-16-9-8-14(11-19-16)18(22)20-12-15(13-5-2-1-3-6-13)26(23,24)17-7-4-10-25-17/h1-11,15H,12H2,(H,19,21)(H,20,22). The predicted molar refractivity (Wildman–Crippen MR) is 100 cm³/mol. The number of rotatable bonds is 6. The van der Waals surface area contributed by atoms with Crippen molar-refractivity contribution in [2.45, 2.75) is 9.46 Å². The maximum Gasteiger partial charge on any atom is 0.252 e. The van der Waals surface area contributed by atoms with Gasteiger partial charge in [0.2, 0.25) is 5.56 Å². The van der Waals surface area contributed by atoms with Gasteiger partial charge in [-0.2, -0.15) is 0 Å². The minimum absolute atomic E-state index is 0.0811. The van der Waals surface area contributed by atoms with Crippen LogP contribution < -0.4 is 10.9 Å². The van der Waals surface area contributed by atoms with E-state index in [1.807, 2.05) is 0 Å². The van der Waals surface area contributed by atoms with Gasteiger partial charge < -0.3 is 10.3 Å². The molecule has 0 fully saturated rings. The van der Waals surface area contributed by atoms with Crippen LogP contribution in [0.3, 0.4) is 0 Å². The normalized spacial score (nSPS) is 12.5. The van der Waals surface area contributed by atoms with Crippen molar-refractivity contribution in [1.29, 1.82) is 0 Å². The zero-order valence-electron chi connectivity index (χ0n) is 13.6. The lowest BCUT2D eigenvalue weighted by molar-refractivity contribution is 0.0953. The Morgan fingerprint density at radius 3 is 2.46 bits per heavy atom. The van der Waals surface area contributed by atoms with Gasteiger partial charge in [-0.3, -0.25) is 9.59 Å². The van der Waals surface area contributed by atoms with Crippen LogP contribution in [0.1, 0.15) is 21.2 Å². The molecule has 0 spiro atoms. The van der Waals surface area contributed by atoms with Gasteiger partial charge in [-0.1, -0.05) is 36.4 Å². The second-order valence-corrected chi connectivity index (χ2v) is 8.83. The van der Waals surface area contributed by atoms with Crippen molar-refractivity contribution in [1.82, 2.24) is 10.3 Å². The molecule has 1 amide bonds. The van der Waals surface area contributed by atoms with E-state index in [1.54, 1.807) is 47.8 Å². The Morgan fingerprint density at radius 2 is 1.85 bits per heavy atom. The summed E-state index contributed by atoms with van der Waals surface area (Å²) in [5.74, 6) is -0.455. The largest absolute Gasteiger partial charge is 0.350 e. The van der Waals surface area contributed by atoms with Gasteiger partial charge in [0, 0.05) is 18.8 Å². The van der Waals surface area contributed by atoms with Crippen molar-refractivity contribution in [3.05, 3.63) is 87.7 Å². The van der Waals surface area contributed by atoms with Gasteiger partial charge in [-0.05, 0) is 23.1 Å². The number of sulfone groups is 1. The first-order valence-corrected chi connectivity index (χ1v) is 10.2. The minimum Gasteiger partial charge on any atom is -0.350 e. The average Bonchev–Trinajstić information content (AvgIpc) is 3.18. The van der Waals surface area contributed by atoms with Gasteiger partial charge >= 0.3 is 0 Å². The van der Waals surface area contributed by atoms with E-state index in [4.69, 9.17) is 0 Å². The molecule has 0 saturated carbocycles. The molecule has 0 aliphatic rings. The van der Waals surface area contributed by atoms with Crippen LogP contribution in [0.25, 0.3) is 0 Å². The molecule has 0 bridgehead atoms. The van der Waals surface area contributed by atoms with Crippen LogP contribution in [0, 0.1) is 0 Å². The van der Waals surface area contributed by atoms with Crippen LogP contribution in [0.15, 0.2) is 75.2 Å². The first kappa shape index (κ1) is 18.1. The Hall–Kier alpha value is -2.71. The molecule has 3 rings (SSSR count). The Kier molecular flexibility index (Phi) is 5.34. The first-order valence-electron chi connectivity index (χ1n) is 7.78. The van der Waals surface area contributed by atoms with E-state index < -0.39 is 21.0 Å². The molecule has 0 aliphatic heterocycles. The third kappa shape index (κ3) is 3.92. The Labute approximate surface area is 154 Å². The summed E-state index contributed by atoms with van der Waals surface area (Å²) in [5, 5.41) is 3.44. The number of aromatic amines is 1. The Bertz CT molecular complexity index is 1020. The Morgan fingerprint density at radius 1 is 1.08 bits per heavy atom. The van der Waals surface area contributed by atoms with E-state index >= 15 is 0 Å². The SMILES string of the molecule is O=C(NCC(c1ccccc1)S(=O)(=O)c1cccs1)c1ccc(=O)[nH]c1. The molecular weight excluding hydrogens is 372 g/mol. The summed E-state index contributed by atoms with van der Waals surface area (Å²) >= 11 is 1.14. The van der Waals surface area contributed by atoms with Crippen molar-refractivity contribution >= 4 is 27.1 Å². The second kappa shape index (κ2) is 7.67. The minimum atomic E-state index is -3.65. The Balaban J connectivity index is 1.86. The lowest BCUT2D eigenvalue weighted by atomic mass is 10.1. The molecule has 1 atom stereocenters. The zero-order valence-corrected chi connectivity index (χ0v) is 15.2. The molecule has 26 heavy (non-hydrogen) atoms. The highest BCUT2D eigenvalue weighted by atomic mass is 32.2. The highest BCUT2D eigenvalue weighted by Gasteiger charge is 2.30. The molecule has 8 heteroatoms. The van der Waals surface area contributed by atoms with Crippen LogP contribution in [-0.4, -0.2) is 25.9 Å². The van der Waals surface area contributed by atoms with E-state index in [1.165, 1.54) is 18.3 Å². The van der Waals surface area contributed by atoms with Crippen LogP contribution in [0.2, 0.25) is 0 Å². The summed E-state index contributed by atoms with van der Waals surface area (Å²) < 4.78 is 26.3. The molecule has 3 aromatic rings. The predicted octanol–water partition coefficient (Wildman–Crippen LogP) is 2.38. The molecule has 0 aliphatic carbocycles. The number of amides is 1. The fourth-order valence-corrected chi connectivity index (χ4v) is 5.35. The fourth-order valence-electron chi connectivity index (χ4n) is 2.48. The number of carbonyl (C=O) groups excluding carboxylic acids is 1. The van der Waals surface area contributed by atoms with Crippen molar-refractivity contribution in [2.24, 2.45) is 0 Å². The van der Waals surface area contributed by atoms with E-state index in [-0.39, 0.29) is 21.9 Å². The summed E-state index contributed by atoms with van der Waals surface area (Å²) in [6.07, 6.45) is 1.29. The van der Waals surface area contributed by atoms with E-state index in [9.17, 15) is 18.0 Å². The van der Waals surface area contributed by atoms with Crippen LogP contribution in [0.4, 0.5) is 0 Å². The maximum absolute atomic E-state index is 13.0. The van der Waals surface area contributed by atoms with Gasteiger partial charge in [-0.15, -0.1) is 11.3 Å². The second-order valence-electron chi connectivity index (χ2n) is 5.53. The van der Waals surface area contributed by atoms with E-state index in [0.29, 0.717) is 5.56 Å². The first-order chi connectivity index (χ1) is 12.5. The molecule has 6 nitrogen and oxygen atoms in total. The van der Waals surface area contributed by atoms with Gasteiger partial charge in [0.15, 0.2) is 9.84 Å². The van der Waals surface area contributed by atoms with Crippen molar-refractivity contribution in [3.8, 4) is 0 Å². The van der Waals surface area contributed by atoms with Crippen LogP contribution >= 0.6 is 11.3 Å². The number of aromatic nitrogens is 1. The third-order valence-electron chi connectivity index (χ3n) is 3.82. The quantitative estimate of drug-likeness (QED) is 0.678. The fraction of sp³-hybridized carbons (Fsp3) is 0.111. The third-order valence-corrected chi connectivity index (χ3v) is 7.35. The molecule has 1 unspecified atom stereocenters. The van der Waals surface area contributed by atoms with E-state index in [0.717, 1.165) is 11.3 Å². The lowest BCUT2D eigenvalue weighted by Gasteiger charge is -2.18. The van der Waals surface area contributed by atoms with Gasteiger partial charge in [-0.25, -0.2) is 8.42 Å². The molecule has 2 heterocycles. The molecule has 1 aromatic carbocycles. The molecular formula is C18H16N2O4S2. The van der Waals surface area contributed by atoms with Crippen molar-refractivity contribution in [3.63, 3.8) is 0 Å². The topological polar surface area (TPSA) is 96.1 Å². The van der Waals surface area contributed by atoms with Crippen molar-refractivity contribution in [2.75, 3.05) is 6.54 Å². The molecule has 0 radical (unpaired) electrons. The number of hydrogen-bond acceptors (Lipinski definition) is 5. The monoisotopic (exact) mass is 388 g/mol. The summed E-state index contributed by atoms with van der Waals surface area (Å²) in [6.45, 7) is -0.0811. The van der Waals surface area contributed by atoms with E-state index in [2.05, 4.69) is 10.3 Å². The average molecular weight is 388 g/mol. The van der Waals surface area contributed by atoms with Crippen molar-refractivity contribution < 1.29 is 13.2 Å². The summed E-state index contributed by atoms with van der Waals surface area (Å²) in [4.78, 5) is 25.8. The lowest BCUT2D eigenvalue weighted by Crippen LogP contribution is -2.32. The number of benzene rings is 1. The molecule has 0 saturated heterocycles. The molecule has 134 valence electrons. The summed E-state index contributed by atoms with van der Waals surface area (Å²) in [7, 11) is -3.65. The maximum atomic E-state index is 13.0. The highest BCUT2D eigenvalue weighted by molar-refractivity contribution is 7.93. The number of nitrogens with one attached hydrogen (secondary N) is 2. The number of pyridine rings is 1.